The Bertz CT molecular complexity index is 516. The third kappa shape index (κ3) is 4.68. The van der Waals surface area contributed by atoms with Gasteiger partial charge >= 0.3 is 0 Å². The molecule has 0 saturated carbocycles. The lowest BCUT2D eigenvalue weighted by molar-refractivity contribution is -0.385. The van der Waals surface area contributed by atoms with Gasteiger partial charge in [0.1, 0.15) is 0 Å². The molecule has 0 aliphatic carbocycles. The summed E-state index contributed by atoms with van der Waals surface area (Å²) in [5.41, 5.74) is 0.874. The molecule has 1 saturated heterocycles. The zero-order valence-electron chi connectivity index (χ0n) is 11.9. The summed E-state index contributed by atoms with van der Waals surface area (Å²) in [4.78, 5) is 22.3. The number of hydrogen-bond acceptors (Lipinski definition) is 4. The van der Waals surface area contributed by atoms with E-state index in [0.717, 1.165) is 19.4 Å². The van der Waals surface area contributed by atoms with Crippen LogP contribution in [0.2, 0.25) is 0 Å². The lowest BCUT2D eigenvalue weighted by Gasteiger charge is -2.10. The maximum atomic E-state index is 12.0. The van der Waals surface area contributed by atoms with Gasteiger partial charge in [0.2, 0.25) is 0 Å². The van der Waals surface area contributed by atoms with Crippen molar-refractivity contribution < 1.29 is 9.72 Å². The highest BCUT2D eigenvalue weighted by molar-refractivity contribution is 5.94. The van der Waals surface area contributed by atoms with E-state index in [2.05, 4.69) is 10.6 Å². The zero-order chi connectivity index (χ0) is 14.5. The highest BCUT2D eigenvalue weighted by atomic mass is 35.5. The molecule has 1 amide bonds. The fourth-order valence-corrected chi connectivity index (χ4v) is 2.41. The summed E-state index contributed by atoms with van der Waals surface area (Å²) in [6.07, 6.45) is 3.22. The van der Waals surface area contributed by atoms with Crippen LogP contribution in [0.4, 0.5) is 5.69 Å². The van der Waals surface area contributed by atoms with Crippen LogP contribution >= 0.6 is 12.4 Å². The number of amides is 1. The van der Waals surface area contributed by atoms with Gasteiger partial charge in [-0.1, -0.05) is 6.07 Å². The minimum Gasteiger partial charge on any atom is -0.352 e. The molecule has 1 aromatic rings. The van der Waals surface area contributed by atoms with E-state index in [4.69, 9.17) is 0 Å². The van der Waals surface area contributed by atoms with E-state index in [9.17, 15) is 14.9 Å². The third-order valence-electron chi connectivity index (χ3n) is 3.61. The first-order valence-corrected chi connectivity index (χ1v) is 6.84. The van der Waals surface area contributed by atoms with E-state index in [1.807, 2.05) is 0 Å². The van der Waals surface area contributed by atoms with E-state index in [0.29, 0.717) is 23.7 Å². The minimum atomic E-state index is -0.464. The van der Waals surface area contributed by atoms with E-state index >= 15 is 0 Å². The molecule has 1 atom stereocenters. The SMILES string of the molecule is Cc1ccc(C(=O)NCC[C@H]2CCCN2)cc1[N+](=O)[O-].Cl. The van der Waals surface area contributed by atoms with Gasteiger partial charge in [0.15, 0.2) is 0 Å². The summed E-state index contributed by atoms with van der Waals surface area (Å²) in [6.45, 7) is 3.28. The number of halogens is 1. The number of carbonyl (C=O) groups is 1. The molecule has 0 radical (unpaired) electrons. The number of nitro groups is 1. The van der Waals surface area contributed by atoms with Crippen molar-refractivity contribution in [2.45, 2.75) is 32.2 Å². The highest BCUT2D eigenvalue weighted by Gasteiger charge is 2.16. The van der Waals surface area contributed by atoms with Gasteiger partial charge in [-0.05, 0) is 38.8 Å². The number of benzene rings is 1. The number of hydrogen-bond donors (Lipinski definition) is 2. The summed E-state index contributed by atoms with van der Waals surface area (Å²) in [6, 6.07) is 5.03. The lowest BCUT2D eigenvalue weighted by atomic mass is 10.1. The van der Waals surface area contributed by atoms with Gasteiger partial charge < -0.3 is 10.6 Å². The molecule has 7 heteroatoms. The van der Waals surface area contributed by atoms with E-state index in [-0.39, 0.29) is 24.0 Å². The molecule has 6 nitrogen and oxygen atoms in total. The second-order valence-electron chi connectivity index (χ2n) is 5.10. The Morgan fingerprint density at radius 3 is 2.90 bits per heavy atom. The van der Waals surface area contributed by atoms with Gasteiger partial charge in [-0.2, -0.15) is 0 Å². The van der Waals surface area contributed by atoms with Crippen molar-refractivity contribution in [1.29, 1.82) is 0 Å². The summed E-state index contributed by atoms with van der Waals surface area (Å²) >= 11 is 0. The van der Waals surface area contributed by atoms with Crippen molar-refractivity contribution in [1.82, 2.24) is 10.6 Å². The number of nitro benzene ring substituents is 1. The average Bonchev–Trinajstić information content (AvgIpc) is 2.92. The summed E-state index contributed by atoms with van der Waals surface area (Å²) in [5.74, 6) is -0.258. The van der Waals surface area contributed by atoms with E-state index < -0.39 is 4.92 Å². The molecule has 2 N–H and O–H groups in total. The Labute approximate surface area is 129 Å². The van der Waals surface area contributed by atoms with Gasteiger partial charge in [0.25, 0.3) is 11.6 Å². The molecule has 1 fully saturated rings. The van der Waals surface area contributed by atoms with E-state index in [1.54, 1.807) is 19.1 Å². The van der Waals surface area contributed by atoms with Crippen LogP contribution in [0, 0.1) is 17.0 Å². The highest BCUT2D eigenvalue weighted by Crippen LogP contribution is 2.19. The van der Waals surface area contributed by atoms with Gasteiger partial charge in [-0.15, -0.1) is 12.4 Å². The zero-order valence-corrected chi connectivity index (χ0v) is 12.7. The van der Waals surface area contributed by atoms with Crippen molar-refractivity contribution in [2.24, 2.45) is 0 Å². The standard InChI is InChI=1S/C14H19N3O3.ClH/c1-10-4-5-11(9-13(10)17(19)20)14(18)16-8-6-12-3-2-7-15-12;/h4-5,9,12,15H,2-3,6-8H2,1H3,(H,16,18);1H/t12-;/m1./s1. The topological polar surface area (TPSA) is 84.3 Å². The van der Waals surface area contributed by atoms with Crippen LogP contribution in [0.1, 0.15) is 35.2 Å². The molecule has 0 spiro atoms. The van der Waals surface area contributed by atoms with Crippen molar-refractivity contribution >= 4 is 24.0 Å². The Morgan fingerprint density at radius 1 is 1.52 bits per heavy atom. The molecular formula is C14H20ClN3O3. The second-order valence-corrected chi connectivity index (χ2v) is 5.10. The second kappa shape index (κ2) is 7.95. The molecule has 0 bridgehead atoms. The molecule has 1 aliphatic heterocycles. The number of nitrogens with one attached hydrogen (secondary N) is 2. The quantitative estimate of drug-likeness (QED) is 0.644. The molecule has 0 unspecified atom stereocenters. The van der Waals surface area contributed by atoms with Gasteiger partial charge in [0.05, 0.1) is 4.92 Å². The number of aryl methyl sites for hydroxylation is 1. The summed E-state index contributed by atoms with van der Waals surface area (Å²) in [7, 11) is 0. The molecule has 21 heavy (non-hydrogen) atoms. The van der Waals surface area contributed by atoms with Crippen LogP contribution in [-0.2, 0) is 0 Å². The van der Waals surface area contributed by atoms with Crippen LogP contribution in [-0.4, -0.2) is 30.0 Å². The predicted molar refractivity (Wildman–Crippen MR) is 83.1 cm³/mol. The van der Waals surface area contributed by atoms with Gasteiger partial charge in [-0.3, -0.25) is 14.9 Å². The Hall–Kier alpha value is -1.66. The predicted octanol–water partition coefficient (Wildman–Crippen LogP) is 2.20. The van der Waals surface area contributed by atoms with Crippen LogP contribution in [0.15, 0.2) is 18.2 Å². The Balaban J connectivity index is 0.00000220. The van der Waals surface area contributed by atoms with Crippen LogP contribution in [0.3, 0.4) is 0 Å². The average molecular weight is 314 g/mol. The number of nitrogens with zero attached hydrogens (tertiary/aromatic N) is 1. The monoisotopic (exact) mass is 313 g/mol. The number of carbonyl (C=O) groups excluding carboxylic acids is 1. The lowest BCUT2D eigenvalue weighted by Crippen LogP contribution is -2.30. The third-order valence-corrected chi connectivity index (χ3v) is 3.61. The van der Waals surface area contributed by atoms with Crippen molar-refractivity contribution in [3.8, 4) is 0 Å². The fraction of sp³-hybridized carbons (Fsp3) is 0.500. The first-order valence-electron chi connectivity index (χ1n) is 6.84. The largest absolute Gasteiger partial charge is 0.352 e. The molecule has 1 aliphatic rings. The van der Waals surface area contributed by atoms with Crippen LogP contribution in [0.25, 0.3) is 0 Å². The molecule has 1 aromatic carbocycles. The molecule has 2 rings (SSSR count). The summed E-state index contributed by atoms with van der Waals surface area (Å²) < 4.78 is 0. The maximum Gasteiger partial charge on any atom is 0.273 e. The minimum absolute atomic E-state index is 0. The normalized spacial score (nSPS) is 17.1. The first-order chi connectivity index (χ1) is 9.58. The summed E-state index contributed by atoms with van der Waals surface area (Å²) in [5, 5.41) is 17.0. The Morgan fingerprint density at radius 2 is 2.29 bits per heavy atom. The molecule has 116 valence electrons. The van der Waals surface area contributed by atoms with Crippen LogP contribution < -0.4 is 10.6 Å². The van der Waals surface area contributed by atoms with Crippen LogP contribution in [0.5, 0.6) is 0 Å². The molecular weight excluding hydrogens is 294 g/mol. The first kappa shape index (κ1) is 17.4. The van der Waals surface area contributed by atoms with Gasteiger partial charge in [-0.25, -0.2) is 0 Å². The smallest absolute Gasteiger partial charge is 0.273 e. The van der Waals surface area contributed by atoms with Crippen molar-refractivity contribution in [3.63, 3.8) is 0 Å². The van der Waals surface area contributed by atoms with Crippen molar-refractivity contribution in [3.05, 3.63) is 39.4 Å². The molecule has 0 aromatic heterocycles. The van der Waals surface area contributed by atoms with Gasteiger partial charge in [0, 0.05) is 29.8 Å². The fourth-order valence-electron chi connectivity index (χ4n) is 2.41. The number of rotatable bonds is 5. The Kier molecular flexibility index (Phi) is 6.58. The maximum absolute atomic E-state index is 12.0. The van der Waals surface area contributed by atoms with E-state index in [1.165, 1.54) is 12.5 Å². The molecule has 1 heterocycles. The van der Waals surface area contributed by atoms with Crippen molar-refractivity contribution in [2.75, 3.05) is 13.1 Å².